The Bertz CT molecular complexity index is 989. The molecule has 5 nitrogen and oxygen atoms in total. The van der Waals surface area contributed by atoms with Gasteiger partial charge in [0.2, 0.25) is 0 Å². The lowest BCUT2D eigenvalue weighted by Crippen LogP contribution is -2.02. The van der Waals surface area contributed by atoms with Crippen molar-refractivity contribution in [3.63, 3.8) is 0 Å². The molecule has 134 valence electrons. The fraction of sp³-hybridized carbons (Fsp3) is 0.333. The molecule has 3 aromatic rings. The van der Waals surface area contributed by atoms with E-state index in [0.29, 0.717) is 11.4 Å². The van der Waals surface area contributed by atoms with Gasteiger partial charge in [-0.05, 0) is 48.9 Å². The zero-order valence-electron chi connectivity index (χ0n) is 15.3. The minimum Gasteiger partial charge on any atom is -0.508 e. The van der Waals surface area contributed by atoms with Crippen LogP contribution in [-0.2, 0) is 12.8 Å². The predicted octanol–water partition coefficient (Wildman–Crippen LogP) is 4.27. The molecular weight excluding hydrogens is 326 g/mol. The Kier molecular flexibility index (Phi) is 3.94. The quantitative estimate of drug-likeness (QED) is 0.725. The van der Waals surface area contributed by atoms with Gasteiger partial charge in [0.15, 0.2) is 5.82 Å². The Morgan fingerprint density at radius 1 is 1.04 bits per heavy atom. The van der Waals surface area contributed by atoms with Crippen molar-refractivity contribution in [1.82, 2.24) is 14.8 Å². The first-order valence-corrected chi connectivity index (χ1v) is 9.06. The minimum absolute atomic E-state index is 0.00297. The zero-order chi connectivity index (χ0) is 18.4. The van der Waals surface area contributed by atoms with Crippen molar-refractivity contribution < 1.29 is 10.2 Å². The van der Waals surface area contributed by atoms with Crippen molar-refractivity contribution in [3.05, 3.63) is 52.8 Å². The van der Waals surface area contributed by atoms with Crippen molar-refractivity contribution in [2.45, 2.75) is 46.0 Å². The SMILES string of the molecule is Cc1ccc2c(c1)CCCc1nc(-c3cc(C(C)C)c(O)cc3O)nn1-2. The van der Waals surface area contributed by atoms with Crippen LogP contribution in [-0.4, -0.2) is 25.0 Å². The zero-order valence-corrected chi connectivity index (χ0v) is 15.3. The summed E-state index contributed by atoms with van der Waals surface area (Å²) in [7, 11) is 0. The lowest BCUT2D eigenvalue weighted by atomic mass is 9.98. The van der Waals surface area contributed by atoms with E-state index >= 15 is 0 Å². The van der Waals surface area contributed by atoms with E-state index in [0.717, 1.165) is 36.3 Å². The summed E-state index contributed by atoms with van der Waals surface area (Å²) in [6.45, 7) is 6.11. The topological polar surface area (TPSA) is 71.2 Å². The first-order chi connectivity index (χ1) is 12.4. The van der Waals surface area contributed by atoms with Gasteiger partial charge in [-0.25, -0.2) is 9.67 Å². The van der Waals surface area contributed by atoms with E-state index in [1.807, 2.05) is 18.5 Å². The number of nitrogens with zero attached hydrogens (tertiary/aromatic N) is 3. The molecule has 0 amide bonds. The lowest BCUT2D eigenvalue weighted by Gasteiger charge is -2.11. The van der Waals surface area contributed by atoms with E-state index in [1.54, 1.807) is 6.07 Å². The van der Waals surface area contributed by atoms with Crippen LogP contribution in [0, 0.1) is 6.92 Å². The summed E-state index contributed by atoms with van der Waals surface area (Å²) in [4.78, 5) is 4.70. The van der Waals surface area contributed by atoms with Gasteiger partial charge in [-0.2, -0.15) is 0 Å². The van der Waals surface area contributed by atoms with E-state index < -0.39 is 0 Å². The molecule has 0 saturated carbocycles. The number of benzene rings is 2. The van der Waals surface area contributed by atoms with Crippen LogP contribution in [0.1, 0.15) is 48.7 Å². The molecule has 2 N–H and O–H groups in total. The van der Waals surface area contributed by atoms with Gasteiger partial charge < -0.3 is 10.2 Å². The molecule has 1 aliphatic heterocycles. The lowest BCUT2D eigenvalue weighted by molar-refractivity contribution is 0.445. The number of hydrogen-bond donors (Lipinski definition) is 2. The number of hydrogen-bond acceptors (Lipinski definition) is 4. The molecule has 0 saturated heterocycles. The van der Waals surface area contributed by atoms with Gasteiger partial charge in [0, 0.05) is 12.5 Å². The number of fused-ring (bicyclic) bond motifs is 3. The maximum Gasteiger partial charge on any atom is 0.185 e. The predicted molar refractivity (Wildman–Crippen MR) is 101 cm³/mol. The molecule has 0 bridgehead atoms. The van der Waals surface area contributed by atoms with E-state index in [1.165, 1.54) is 17.2 Å². The number of phenols is 2. The average molecular weight is 349 g/mol. The minimum atomic E-state index is -0.00297. The summed E-state index contributed by atoms with van der Waals surface area (Å²) in [6, 6.07) is 9.56. The monoisotopic (exact) mass is 349 g/mol. The van der Waals surface area contributed by atoms with Gasteiger partial charge in [0.05, 0.1) is 11.3 Å². The van der Waals surface area contributed by atoms with Gasteiger partial charge in [0.25, 0.3) is 0 Å². The standard InChI is InChI=1S/C21H23N3O2/c1-12(2)15-10-16(19(26)11-18(15)25)21-22-20-6-4-5-14-9-13(3)7-8-17(14)24(20)23-21/h7-12,25-26H,4-6H2,1-3H3. The van der Waals surface area contributed by atoms with E-state index in [-0.39, 0.29) is 17.4 Å². The third-order valence-corrected chi connectivity index (χ3v) is 4.99. The summed E-state index contributed by atoms with van der Waals surface area (Å²) < 4.78 is 1.90. The molecule has 1 aliphatic rings. The number of aromatic hydroxyl groups is 2. The molecule has 1 aromatic heterocycles. The molecule has 0 radical (unpaired) electrons. The fourth-order valence-corrected chi connectivity index (χ4v) is 3.61. The first kappa shape index (κ1) is 16.6. The molecule has 0 unspecified atom stereocenters. The summed E-state index contributed by atoms with van der Waals surface area (Å²) in [6.07, 6.45) is 2.88. The molecule has 0 aliphatic carbocycles. The van der Waals surface area contributed by atoms with Crippen LogP contribution in [0.4, 0.5) is 0 Å². The summed E-state index contributed by atoms with van der Waals surface area (Å²) in [5, 5.41) is 25.1. The van der Waals surface area contributed by atoms with E-state index in [4.69, 9.17) is 10.1 Å². The largest absolute Gasteiger partial charge is 0.508 e. The molecular formula is C21H23N3O2. The van der Waals surface area contributed by atoms with Crippen LogP contribution in [0.5, 0.6) is 11.5 Å². The Morgan fingerprint density at radius 3 is 2.62 bits per heavy atom. The van der Waals surface area contributed by atoms with E-state index in [9.17, 15) is 10.2 Å². The van der Waals surface area contributed by atoms with Crippen LogP contribution >= 0.6 is 0 Å². The highest BCUT2D eigenvalue weighted by Crippen LogP contribution is 2.37. The molecule has 0 fully saturated rings. The molecule has 2 heterocycles. The van der Waals surface area contributed by atoms with Crippen molar-refractivity contribution in [2.75, 3.05) is 0 Å². The molecule has 5 heteroatoms. The Hall–Kier alpha value is -2.82. The summed E-state index contributed by atoms with van der Waals surface area (Å²) in [5.41, 5.74) is 4.91. The molecule has 0 atom stereocenters. The van der Waals surface area contributed by atoms with Crippen LogP contribution in [0.2, 0.25) is 0 Å². The third kappa shape index (κ3) is 2.73. The highest BCUT2D eigenvalue weighted by atomic mass is 16.3. The third-order valence-electron chi connectivity index (χ3n) is 4.99. The molecule has 4 rings (SSSR count). The number of aromatic nitrogens is 3. The second-order valence-corrected chi connectivity index (χ2v) is 7.33. The molecule has 26 heavy (non-hydrogen) atoms. The second-order valence-electron chi connectivity index (χ2n) is 7.33. The molecule has 0 spiro atoms. The number of rotatable bonds is 2. The van der Waals surface area contributed by atoms with Gasteiger partial charge in [-0.3, -0.25) is 0 Å². The van der Waals surface area contributed by atoms with Gasteiger partial charge in [-0.15, -0.1) is 5.10 Å². The van der Waals surface area contributed by atoms with Crippen LogP contribution < -0.4 is 0 Å². The Labute approximate surface area is 153 Å². The van der Waals surface area contributed by atoms with Crippen LogP contribution in [0.25, 0.3) is 17.1 Å². The highest BCUT2D eigenvalue weighted by molar-refractivity contribution is 5.67. The van der Waals surface area contributed by atoms with Crippen molar-refractivity contribution in [1.29, 1.82) is 0 Å². The summed E-state index contributed by atoms with van der Waals surface area (Å²) >= 11 is 0. The number of aryl methyl sites for hydroxylation is 3. The maximum absolute atomic E-state index is 10.4. The average Bonchev–Trinajstić information content (AvgIpc) is 2.91. The van der Waals surface area contributed by atoms with E-state index in [2.05, 4.69) is 25.1 Å². The Morgan fingerprint density at radius 2 is 1.85 bits per heavy atom. The smallest absolute Gasteiger partial charge is 0.185 e. The molecule has 2 aromatic carbocycles. The van der Waals surface area contributed by atoms with Crippen molar-refractivity contribution in [2.24, 2.45) is 0 Å². The fourth-order valence-electron chi connectivity index (χ4n) is 3.61. The Balaban J connectivity index is 1.87. The van der Waals surface area contributed by atoms with Gasteiger partial charge >= 0.3 is 0 Å². The second kappa shape index (κ2) is 6.16. The van der Waals surface area contributed by atoms with Crippen molar-refractivity contribution >= 4 is 0 Å². The van der Waals surface area contributed by atoms with Crippen LogP contribution in [0.15, 0.2) is 30.3 Å². The maximum atomic E-state index is 10.4. The highest BCUT2D eigenvalue weighted by Gasteiger charge is 2.21. The number of phenolic OH excluding ortho intramolecular Hbond substituents is 2. The normalized spacial score (nSPS) is 13.4. The van der Waals surface area contributed by atoms with Gasteiger partial charge in [0.1, 0.15) is 17.3 Å². The first-order valence-electron chi connectivity index (χ1n) is 9.06. The van der Waals surface area contributed by atoms with Gasteiger partial charge in [-0.1, -0.05) is 31.5 Å². The van der Waals surface area contributed by atoms with Crippen LogP contribution in [0.3, 0.4) is 0 Å². The summed E-state index contributed by atoms with van der Waals surface area (Å²) in [5.74, 6) is 1.63. The van der Waals surface area contributed by atoms with Crippen molar-refractivity contribution in [3.8, 4) is 28.6 Å².